The fraction of sp³-hybridized carbons (Fsp3) is 0.125. The van der Waals surface area contributed by atoms with E-state index in [2.05, 4.69) is 15.2 Å². The van der Waals surface area contributed by atoms with Crippen molar-refractivity contribution in [1.82, 2.24) is 15.2 Å². The van der Waals surface area contributed by atoms with Gasteiger partial charge in [-0.1, -0.05) is 0 Å². The highest BCUT2D eigenvalue weighted by Gasteiger charge is 2.14. The lowest BCUT2D eigenvalue weighted by atomic mass is 9.99. The number of ether oxygens (including phenoxy) is 2. The zero-order valence-corrected chi connectivity index (χ0v) is 11.7. The van der Waals surface area contributed by atoms with Crippen molar-refractivity contribution in [2.75, 3.05) is 14.2 Å². The highest BCUT2D eigenvalue weighted by Crippen LogP contribution is 2.39. The van der Waals surface area contributed by atoms with E-state index in [0.29, 0.717) is 11.5 Å². The molecular formula is C16H13N3O2. The second kappa shape index (κ2) is 4.34. The van der Waals surface area contributed by atoms with Gasteiger partial charge in [-0.25, -0.2) is 0 Å². The first-order valence-electron chi connectivity index (χ1n) is 6.58. The minimum atomic E-state index is 0.698. The lowest BCUT2D eigenvalue weighted by molar-refractivity contribution is 0.356. The summed E-state index contributed by atoms with van der Waals surface area (Å²) in [5.74, 6) is 1.40. The molecule has 21 heavy (non-hydrogen) atoms. The summed E-state index contributed by atoms with van der Waals surface area (Å²) in [4.78, 5) is 4.25. The minimum Gasteiger partial charge on any atom is -0.493 e. The second-order valence-electron chi connectivity index (χ2n) is 4.83. The number of rotatable bonds is 2. The topological polar surface area (TPSA) is 60.0 Å². The maximum Gasteiger partial charge on any atom is 0.161 e. The molecule has 0 spiro atoms. The van der Waals surface area contributed by atoms with Crippen LogP contribution in [0.1, 0.15) is 0 Å². The largest absolute Gasteiger partial charge is 0.493 e. The smallest absolute Gasteiger partial charge is 0.161 e. The average Bonchev–Trinajstić information content (AvgIpc) is 3.03. The Balaban J connectivity index is 2.30. The molecule has 0 bridgehead atoms. The molecule has 0 aliphatic heterocycles. The van der Waals surface area contributed by atoms with E-state index in [1.54, 1.807) is 20.4 Å². The van der Waals surface area contributed by atoms with Gasteiger partial charge in [0.2, 0.25) is 0 Å². The first-order valence-corrected chi connectivity index (χ1v) is 6.58. The first-order chi connectivity index (χ1) is 10.3. The predicted octanol–water partition coefficient (Wildman–Crippen LogP) is 3.28. The Morgan fingerprint density at radius 3 is 2.38 bits per heavy atom. The number of aromatic nitrogens is 3. The number of hydrogen-bond acceptors (Lipinski definition) is 4. The molecule has 0 aliphatic rings. The van der Waals surface area contributed by atoms with E-state index < -0.39 is 0 Å². The molecule has 1 N–H and O–H groups in total. The standard InChI is InChI=1S/C16H13N3O2/c1-20-14-5-10-11(6-15(14)21-2)16-13(8-18-19-16)9-3-4-17-7-12(9)10/h3-8H,1-2H3,(H,18,19). The fourth-order valence-electron chi connectivity index (χ4n) is 2.85. The van der Waals surface area contributed by atoms with Gasteiger partial charge in [0.05, 0.1) is 25.9 Å². The molecule has 0 saturated heterocycles. The third-order valence-corrected chi connectivity index (χ3v) is 3.83. The molecule has 0 amide bonds. The molecule has 5 heteroatoms. The van der Waals surface area contributed by atoms with E-state index in [1.807, 2.05) is 30.6 Å². The summed E-state index contributed by atoms with van der Waals surface area (Å²) >= 11 is 0. The Kier molecular flexibility index (Phi) is 2.47. The molecule has 0 atom stereocenters. The van der Waals surface area contributed by atoms with Crippen LogP contribution in [0.15, 0.2) is 36.8 Å². The van der Waals surface area contributed by atoms with Crippen LogP contribution < -0.4 is 9.47 Å². The van der Waals surface area contributed by atoms with Gasteiger partial charge in [-0.3, -0.25) is 10.1 Å². The van der Waals surface area contributed by atoms with E-state index in [4.69, 9.17) is 9.47 Å². The number of hydrogen-bond donors (Lipinski definition) is 1. The van der Waals surface area contributed by atoms with Crippen LogP contribution in [0, 0.1) is 0 Å². The maximum atomic E-state index is 5.42. The van der Waals surface area contributed by atoms with Gasteiger partial charge < -0.3 is 9.47 Å². The number of nitrogens with zero attached hydrogens (tertiary/aromatic N) is 2. The van der Waals surface area contributed by atoms with E-state index in [-0.39, 0.29) is 0 Å². The van der Waals surface area contributed by atoms with Crippen LogP contribution in [0.2, 0.25) is 0 Å². The molecule has 0 saturated carbocycles. The number of fused-ring (bicyclic) bond motifs is 6. The predicted molar refractivity (Wildman–Crippen MR) is 82.0 cm³/mol. The third-order valence-electron chi connectivity index (χ3n) is 3.83. The van der Waals surface area contributed by atoms with Crippen molar-refractivity contribution in [3.05, 3.63) is 36.8 Å². The summed E-state index contributed by atoms with van der Waals surface area (Å²) in [5.41, 5.74) is 0.990. The molecule has 2 aromatic carbocycles. The number of methoxy groups -OCH3 is 2. The van der Waals surface area contributed by atoms with Crippen molar-refractivity contribution in [3.63, 3.8) is 0 Å². The quantitative estimate of drug-likeness (QED) is 0.572. The number of pyridine rings is 1. The summed E-state index contributed by atoms with van der Waals surface area (Å²) in [6.07, 6.45) is 5.51. The van der Waals surface area contributed by atoms with Crippen LogP contribution in [-0.2, 0) is 0 Å². The van der Waals surface area contributed by atoms with Gasteiger partial charge in [0, 0.05) is 28.6 Å². The van der Waals surface area contributed by atoms with Gasteiger partial charge in [0.1, 0.15) is 0 Å². The Bertz CT molecular complexity index is 975. The van der Waals surface area contributed by atoms with Crippen molar-refractivity contribution >= 4 is 32.4 Å². The number of nitrogens with one attached hydrogen (secondary N) is 1. The summed E-state index contributed by atoms with van der Waals surface area (Å²) in [7, 11) is 3.27. The van der Waals surface area contributed by atoms with Crippen molar-refractivity contribution in [1.29, 1.82) is 0 Å². The number of aromatic amines is 1. The van der Waals surface area contributed by atoms with Crippen LogP contribution in [-0.4, -0.2) is 29.4 Å². The monoisotopic (exact) mass is 279 g/mol. The van der Waals surface area contributed by atoms with Crippen molar-refractivity contribution in [2.24, 2.45) is 0 Å². The van der Waals surface area contributed by atoms with Gasteiger partial charge >= 0.3 is 0 Å². The Labute approximate surface area is 120 Å². The lowest BCUT2D eigenvalue weighted by Crippen LogP contribution is -1.92. The Morgan fingerprint density at radius 2 is 1.62 bits per heavy atom. The molecule has 5 nitrogen and oxygen atoms in total. The molecule has 0 aliphatic carbocycles. The molecule has 0 fully saturated rings. The van der Waals surface area contributed by atoms with E-state index in [1.165, 1.54) is 0 Å². The average molecular weight is 279 g/mol. The van der Waals surface area contributed by atoms with E-state index >= 15 is 0 Å². The SMILES string of the molecule is COc1cc2c3cnccc3c3cn[nH]c3c2cc1OC. The highest BCUT2D eigenvalue weighted by molar-refractivity contribution is 6.24. The molecule has 2 heterocycles. The number of H-pyrrole nitrogens is 1. The molecular weight excluding hydrogens is 266 g/mol. The van der Waals surface area contributed by atoms with Gasteiger partial charge in [-0.15, -0.1) is 0 Å². The normalized spacial score (nSPS) is 11.3. The fourth-order valence-corrected chi connectivity index (χ4v) is 2.85. The summed E-state index contributed by atoms with van der Waals surface area (Å²) in [6.45, 7) is 0. The molecule has 2 aromatic heterocycles. The lowest BCUT2D eigenvalue weighted by Gasteiger charge is -2.11. The van der Waals surface area contributed by atoms with Crippen LogP contribution in [0.5, 0.6) is 11.5 Å². The Hall–Kier alpha value is -2.82. The first kappa shape index (κ1) is 12.0. The van der Waals surface area contributed by atoms with Crippen LogP contribution >= 0.6 is 0 Å². The van der Waals surface area contributed by atoms with Crippen LogP contribution in [0.4, 0.5) is 0 Å². The van der Waals surface area contributed by atoms with Gasteiger partial charge in [0.15, 0.2) is 11.5 Å². The van der Waals surface area contributed by atoms with Gasteiger partial charge in [0.25, 0.3) is 0 Å². The highest BCUT2D eigenvalue weighted by atomic mass is 16.5. The van der Waals surface area contributed by atoms with Crippen molar-refractivity contribution in [3.8, 4) is 11.5 Å². The summed E-state index contributed by atoms with van der Waals surface area (Å²) < 4.78 is 10.8. The Morgan fingerprint density at radius 1 is 0.857 bits per heavy atom. The zero-order valence-electron chi connectivity index (χ0n) is 11.7. The third kappa shape index (κ3) is 1.57. The molecule has 4 rings (SSSR count). The maximum absolute atomic E-state index is 5.42. The van der Waals surface area contributed by atoms with E-state index in [0.717, 1.165) is 32.4 Å². The summed E-state index contributed by atoms with van der Waals surface area (Å²) in [5, 5.41) is 12.6. The molecule has 0 radical (unpaired) electrons. The van der Waals surface area contributed by atoms with Crippen molar-refractivity contribution in [2.45, 2.75) is 0 Å². The second-order valence-corrected chi connectivity index (χ2v) is 4.83. The zero-order chi connectivity index (χ0) is 14.4. The van der Waals surface area contributed by atoms with Crippen molar-refractivity contribution < 1.29 is 9.47 Å². The van der Waals surface area contributed by atoms with Gasteiger partial charge in [-0.2, -0.15) is 5.10 Å². The number of benzene rings is 2. The molecule has 0 unspecified atom stereocenters. The van der Waals surface area contributed by atoms with Crippen LogP contribution in [0.25, 0.3) is 32.4 Å². The molecule has 104 valence electrons. The molecule has 4 aromatic rings. The van der Waals surface area contributed by atoms with Gasteiger partial charge in [-0.05, 0) is 29.0 Å². The van der Waals surface area contributed by atoms with Crippen LogP contribution in [0.3, 0.4) is 0 Å². The minimum absolute atomic E-state index is 0.698. The van der Waals surface area contributed by atoms with E-state index in [9.17, 15) is 0 Å². The summed E-state index contributed by atoms with van der Waals surface area (Å²) in [6, 6.07) is 5.96.